The van der Waals surface area contributed by atoms with E-state index in [0.29, 0.717) is 6.42 Å². The smallest absolute Gasteiger partial charge is 1.00 e. The molecular weight excluding hydrogens is 481 g/mol. The quantitative estimate of drug-likeness (QED) is 0.197. The Balaban J connectivity index is -0.000000376. The van der Waals surface area contributed by atoms with Crippen molar-refractivity contribution in [1.82, 2.24) is 0 Å². The van der Waals surface area contributed by atoms with Crippen molar-refractivity contribution < 1.29 is 186 Å². The van der Waals surface area contributed by atoms with E-state index in [2.05, 4.69) is 0 Å². The summed E-state index contributed by atoms with van der Waals surface area (Å²) >= 11 is 0. The summed E-state index contributed by atoms with van der Waals surface area (Å²) in [7, 11) is -9.70. The summed E-state index contributed by atoms with van der Waals surface area (Å²) in [4.78, 5) is 16.1. The summed E-state index contributed by atoms with van der Waals surface area (Å²) in [6, 6.07) is 15.8. The fraction of sp³-hybridized carbons (Fsp3) is 0.294. The molecule has 28 heavy (non-hydrogen) atoms. The summed E-state index contributed by atoms with van der Waals surface area (Å²) < 4.78 is 42.4. The van der Waals surface area contributed by atoms with Gasteiger partial charge in [-0.15, -0.1) is 0 Å². The van der Waals surface area contributed by atoms with Gasteiger partial charge in [-0.25, -0.2) is 0 Å². The zero-order chi connectivity index (χ0) is 18.7. The molecule has 3 N–H and O–H groups in total. The van der Waals surface area contributed by atoms with Crippen LogP contribution in [-0.4, -0.2) is 27.7 Å². The number of rotatable bonds is 7. The average molecular weight is 505 g/mol. The second-order valence-corrected chi connectivity index (χ2v) is 9.76. The molecule has 142 valence electrons. The molecule has 0 aliphatic heterocycles. The Morgan fingerprint density at radius 3 is 1.75 bits per heavy atom. The van der Waals surface area contributed by atoms with Crippen LogP contribution in [0.5, 0.6) is 0 Å². The fourth-order valence-electron chi connectivity index (χ4n) is 2.58. The van der Waals surface area contributed by atoms with Gasteiger partial charge in [0.1, 0.15) is 0 Å². The average Bonchev–Trinajstić information content (AvgIpc) is 2.50. The van der Waals surface area contributed by atoms with E-state index < -0.39 is 22.7 Å². The van der Waals surface area contributed by atoms with Crippen molar-refractivity contribution >= 4 is 17.7 Å². The molecule has 0 aromatic heterocycles. The van der Waals surface area contributed by atoms with E-state index in [0.717, 1.165) is 16.7 Å². The monoisotopic (exact) mass is 504 g/mol. The van der Waals surface area contributed by atoms with Gasteiger partial charge in [-0.1, -0.05) is 54.1 Å². The maximum absolute atomic E-state index is 11.2. The summed E-state index contributed by atoms with van der Waals surface area (Å²) in [5.41, 5.74) is 4.24. The fourth-order valence-corrected chi connectivity index (χ4v) is 4.95. The van der Waals surface area contributed by atoms with E-state index in [4.69, 9.17) is 14.3 Å². The van der Waals surface area contributed by atoms with Crippen molar-refractivity contribution in [2.45, 2.75) is 31.2 Å². The first kappa shape index (κ1) is 33.6. The Hall–Kier alpha value is 3.41. The first-order valence-corrected chi connectivity index (χ1v) is 10.9. The largest absolute Gasteiger partial charge is 1.00 e. The van der Waals surface area contributed by atoms with E-state index >= 15 is 0 Å². The van der Waals surface area contributed by atoms with Gasteiger partial charge in [0.15, 0.2) is 4.99 Å². The molecule has 11 heteroatoms. The molecule has 0 saturated heterocycles. The summed E-state index contributed by atoms with van der Waals surface area (Å²) in [5.74, 6) is 0. The number of benzene rings is 2. The van der Waals surface area contributed by atoms with Gasteiger partial charge in [0.25, 0.3) is 10.1 Å². The molecular formula is C17H24K3O6PS. The SMILES string of the molecule is Cc1ccc(-c2ccc(CCCC(P(=O)(O)O)S(=O)(=O)O)cc2)cc1.[H-].[H-].[H-].[K+].[K+].[K+]. The molecule has 0 aliphatic rings. The van der Waals surface area contributed by atoms with Gasteiger partial charge in [-0.3, -0.25) is 9.12 Å². The third kappa shape index (κ3) is 11.5. The molecule has 1 unspecified atom stereocenters. The van der Waals surface area contributed by atoms with Gasteiger partial charge in [-0.05, 0) is 42.9 Å². The maximum atomic E-state index is 11.2. The predicted octanol–water partition coefficient (Wildman–Crippen LogP) is -5.27. The van der Waals surface area contributed by atoms with Gasteiger partial charge in [0.05, 0.1) is 0 Å². The maximum Gasteiger partial charge on any atom is 1.00 e. The van der Waals surface area contributed by atoms with Crippen LogP contribution in [0.4, 0.5) is 0 Å². The molecule has 2 aromatic carbocycles. The van der Waals surface area contributed by atoms with E-state index in [1.165, 1.54) is 5.56 Å². The zero-order valence-corrected chi connectivity index (χ0v) is 27.8. The Kier molecular flexibility index (Phi) is 18.4. The molecule has 1 atom stereocenters. The number of hydrogen-bond acceptors (Lipinski definition) is 3. The van der Waals surface area contributed by atoms with Crippen molar-refractivity contribution in [3.63, 3.8) is 0 Å². The van der Waals surface area contributed by atoms with Crippen LogP contribution in [0.1, 0.15) is 28.2 Å². The van der Waals surface area contributed by atoms with Crippen molar-refractivity contribution in [3.8, 4) is 11.1 Å². The van der Waals surface area contributed by atoms with Gasteiger partial charge in [0, 0.05) is 0 Å². The van der Waals surface area contributed by atoms with Crippen LogP contribution in [0.3, 0.4) is 0 Å². The molecule has 0 amide bonds. The molecule has 0 fully saturated rings. The summed E-state index contributed by atoms with van der Waals surface area (Å²) in [6.45, 7) is 2.02. The van der Waals surface area contributed by atoms with Gasteiger partial charge in [-0.2, -0.15) is 8.42 Å². The number of hydrogen-bond donors (Lipinski definition) is 3. The van der Waals surface area contributed by atoms with Crippen LogP contribution in [-0.2, 0) is 21.1 Å². The molecule has 0 heterocycles. The van der Waals surface area contributed by atoms with Crippen molar-refractivity contribution in [2.24, 2.45) is 0 Å². The third-order valence-electron chi connectivity index (χ3n) is 3.97. The molecule has 0 bridgehead atoms. The standard InChI is InChI=1S/C17H21O6PS.3K.3H/c1-13-5-9-15(10-6-13)16-11-7-14(8-12-16)3-2-4-17(24(18,19)20)25(21,22)23;;;;;;/h5-12,17H,2-4H2,1H3,(H2,18,19,20)(H,21,22,23);;;;;;/q;3*+1;3*-1. The predicted molar refractivity (Wildman–Crippen MR) is 100 cm³/mol. The van der Waals surface area contributed by atoms with Gasteiger partial charge >= 0.3 is 162 Å². The van der Waals surface area contributed by atoms with Crippen molar-refractivity contribution in [3.05, 3.63) is 59.7 Å². The Morgan fingerprint density at radius 1 is 0.929 bits per heavy atom. The molecule has 2 rings (SSSR count). The van der Waals surface area contributed by atoms with Crippen LogP contribution < -0.4 is 154 Å². The van der Waals surface area contributed by atoms with Gasteiger partial charge in [0.2, 0.25) is 0 Å². The molecule has 6 nitrogen and oxygen atoms in total. The van der Waals surface area contributed by atoms with E-state index in [1.807, 2.05) is 55.5 Å². The molecule has 0 radical (unpaired) electrons. The first-order chi connectivity index (χ1) is 11.6. The van der Waals surface area contributed by atoms with Crippen LogP contribution in [0.15, 0.2) is 48.5 Å². The van der Waals surface area contributed by atoms with Crippen molar-refractivity contribution in [2.75, 3.05) is 0 Å². The summed E-state index contributed by atoms with van der Waals surface area (Å²) in [6.07, 6.45) is 0.391. The summed E-state index contributed by atoms with van der Waals surface area (Å²) in [5, 5.41) is 0. The van der Waals surface area contributed by atoms with Crippen LogP contribution in [0, 0.1) is 6.92 Å². The van der Waals surface area contributed by atoms with Crippen molar-refractivity contribution in [1.29, 1.82) is 0 Å². The molecule has 2 aromatic rings. The first-order valence-electron chi connectivity index (χ1n) is 7.75. The minimum Gasteiger partial charge on any atom is -1.00 e. The topological polar surface area (TPSA) is 112 Å². The van der Waals surface area contributed by atoms with Crippen LogP contribution >= 0.6 is 7.60 Å². The normalized spacial score (nSPS) is 12.1. The minimum atomic E-state index is -4.91. The minimum absolute atomic E-state index is 0. The Morgan fingerprint density at radius 2 is 1.36 bits per heavy atom. The van der Waals surface area contributed by atoms with E-state index in [1.54, 1.807) is 0 Å². The van der Waals surface area contributed by atoms with Crippen LogP contribution in [0.25, 0.3) is 11.1 Å². The van der Waals surface area contributed by atoms with E-state index in [-0.39, 0.29) is 171 Å². The Bertz CT molecular complexity index is 881. The second kappa shape index (κ2) is 15.3. The molecule has 0 aliphatic carbocycles. The van der Waals surface area contributed by atoms with Gasteiger partial charge < -0.3 is 14.1 Å². The number of aryl methyl sites for hydroxylation is 2. The Labute approximate surface area is 298 Å². The van der Waals surface area contributed by atoms with Crippen LogP contribution in [0.2, 0.25) is 0 Å². The zero-order valence-electron chi connectivity index (χ0n) is 19.7. The molecule has 0 spiro atoms. The third-order valence-corrected chi connectivity index (χ3v) is 7.53. The molecule has 0 saturated carbocycles. The van der Waals surface area contributed by atoms with E-state index in [9.17, 15) is 13.0 Å². The second-order valence-electron chi connectivity index (χ2n) is 6.01.